The zero-order valence-corrected chi connectivity index (χ0v) is 14.2. The summed E-state index contributed by atoms with van der Waals surface area (Å²) in [6.45, 7) is 4.18. The van der Waals surface area contributed by atoms with Crippen LogP contribution >= 0.6 is 0 Å². The second kappa shape index (κ2) is 8.85. The zero-order valence-electron chi connectivity index (χ0n) is 14.2. The number of benzene rings is 1. The van der Waals surface area contributed by atoms with Crippen molar-refractivity contribution in [2.75, 3.05) is 0 Å². The summed E-state index contributed by atoms with van der Waals surface area (Å²) in [7, 11) is 0. The number of esters is 1. The number of hydrogen-bond donors (Lipinski definition) is 0. The first-order valence-corrected chi connectivity index (χ1v) is 8.83. The fraction of sp³-hybridized carbons (Fsp3) is 0.600. The van der Waals surface area contributed by atoms with Crippen molar-refractivity contribution in [1.82, 2.24) is 0 Å². The first-order chi connectivity index (χ1) is 11.1. The molecule has 0 radical (unpaired) electrons. The largest absolute Gasteiger partial charge is 0.459 e. The van der Waals surface area contributed by atoms with Gasteiger partial charge in [0.2, 0.25) is 0 Å². The lowest BCUT2D eigenvalue weighted by Gasteiger charge is -2.24. The molecule has 4 atom stereocenters. The molecule has 1 aromatic carbocycles. The third-order valence-corrected chi connectivity index (χ3v) is 5.17. The van der Waals surface area contributed by atoms with Crippen molar-refractivity contribution < 1.29 is 14.3 Å². The average Bonchev–Trinajstić information content (AvgIpc) is 2.67. The maximum Gasteiger partial charge on any atom is 0.338 e. The molecular formula is C20H28O3. The minimum Gasteiger partial charge on any atom is -0.459 e. The Kier molecular flexibility index (Phi) is 6.82. The number of aldehydes is 1. The van der Waals surface area contributed by atoms with Crippen LogP contribution in [0.1, 0.15) is 62.7 Å². The van der Waals surface area contributed by atoms with Crippen LogP contribution in [0.5, 0.6) is 0 Å². The Morgan fingerprint density at radius 2 is 1.83 bits per heavy atom. The molecule has 0 bridgehead atoms. The number of hydrogen-bond acceptors (Lipinski definition) is 3. The topological polar surface area (TPSA) is 43.4 Å². The van der Waals surface area contributed by atoms with Gasteiger partial charge in [0.25, 0.3) is 0 Å². The second-order valence-corrected chi connectivity index (χ2v) is 6.90. The molecule has 0 spiro atoms. The van der Waals surface area contributed by atoms with E-state index >= 15 is 0 Å². The molecule has 0 N–H and O–H groups in total. The van der Waals surface area contributed by atoms with Crippen molar-refractivity contribution in [2.24, 2.45) is 17.8 Å². The average molecular weight is 316 g/mol. The van der Waals surface area contributed by atoms with Crippen molar-refractivity contribution in [1.29, 1.82) is 0 Å². The molecule has 1 fully saturated rings. The van der Waals surface area contributed by atoms with Crippen LogP contribution < -0.4 is 0 Å². The molecule has 126 valence electrons. The number of carbonyl (C=O) groups excluding carboxylic acids is 2. The lowest BCUT2D eigenvalue weighted by Crippen LogP contribution is -2.25. The molecule has 0 aliphatic heterocycles. The molecule has 23 heavy (non-hydrogen) atoms. The normalized spacial score (nSPS) is 27.1. The van der Waals surface area contributed by atoms with E-state index in [1.54, 1.807) is 12.1 Å². The summed E-state index contributed by atoms with van der Waals surface area (Å²) in [5.74, 6) is 0.714. The SMILES string of the molecule is C[C@@H](C=O)[C@@H]1CCCC[C@H](OC(=O)c2ccccc2)[C@@H](C)CC1. The van der Waals surface area contributed by atoms with Gasteiger partial charge in [-0.3, -0.25) is 0 Å². The van der Waals surface area contributed by atoms with Crippen LogP contribution in [-0.2, 0) is 9.53 Å². The van der Waals surface area contributed by atoms with Gasteiger partial charge in [0.15, 0.2) is 0 Å². The molecule has 1 aliphatic carbocycles. The van der Waals surface area contributed by atoms with E-state index in [2.05, 4.69) is 6.92 Å². The van der Waals surface area contributed by atoms with E-state index < -0.39 is 0 Å². The van der Waals surface area contributed by atoms with Crippen LogP contribution in [-0.4, -0.2) is 18.4 Å². The predicted molar refractivity (Wildman–Crippen MR) is 91.2 cm³/mol. The Hall–Kier alpha value is -1.64. The van der Waals surface area contributed by atoms with Crippen LogP contribution in [0.2, 0.25) is 0 Å². The molecule has 0 aromatic heterocycles. The summed E-state index contributed by atoms with van der Waals surface area (Å²) in [6.07, 6.45) is 7.30. The molecule has 0 unspecified atom stereocenters. The Morgan fingerprint density at radius 1 is 1.13 bits per heavy atom. The molecule has 1 aromatic rings. The van der Waals surface area contributed by atoms with Gasteiger partial charge in [-0.15, -0.1) is 0 Å². The third kappa shape index (κ3) is 5.19. The van der Waals surface area contributed by atoms with Gasteiger partial charge in [-0.25, -0.2) is 4.79 Å². The summed E-state index contributed by atoms with van der Waals surface area (Å²) in [4.78, 5) is 23.4. The van der Waals surface area contributed by atoms with Gasteiger partial charge in [0.05, 0.1) is 5.56 Å². The second-order valence-electron chi connectivity index (χ2n) is 6.90. The van der Waals surface area contributed by atoms with Crippen LogP contribution in [0.3, 0.4) is 0 Å². The van der Waals surface area contributed by atoms with E-state index in [0.29, 0.717) is 17.4 Å². The van der Waals surface area contributed by atoms with Crippen molar-refractivity contribution in [3.05, 3.63) is 35.9 Å². The van der Waals surface area contributed by atoms with E-state index in [9.17, 15) is 9.59 Å². The monoisotopic (exact) mass is 316 g/mol. The van der Waals surface area contributed by atoms with E-state index in [1.165, 1.54) is 0 Å². The first-order valence-electron chi connectivity index (χ1n) is 8.83. The van der Waals surface area contributed by atoms with Crippen molar-refractivity contribution in [2.45, 2.75) is 58.5 Å². The van der Waals surface area contributed by atoms with Crippen LogP contribution in [0.15, 0.2) is 30.3 Å². The maximum atomic E-state index is 12.3. The lowest BCUT2D eigenvalue weighted by atomic mass is 9.85. The van der Waals surface area contributed by atoms with Crippen molar-refractivity contribution in [3.63, 3.8) is 0 Å². The lowest BCUT2D eigenvalue weighted by molar-refractivity contribution is -0.112. The molecule has 1 saturated carbocycles. The third-order valence-electron chi connectivity index (χ3n) is 5.17. The summed E-state index contributed by atoms with van der Waals surface area (Å²) >= 11 is 0. The molecule has 0 amide bonds. The van der Waals surface area contributed by atoms with Crippen molar-refractivity contribution in [3.8, 4) is 0 Å². The molecule has 0 heterocycles. The summed E-state index contributed by atoms with van der Waals surface area (Å²) < 4.78 is 5.79. The highest BCUT2D eigenvalue weighted by Crippen LogP contribution is 2.31. The number of carbonyl (C=O) groups is 2. The van der Waals surface area contributed by atoms with Gasteiger partial charge >= 0.3 is 5.97 Å². The minimum atomic E-state index is -0.223. The van der Waals surface area contributed by atoms with Crippen LogP contribution in [0.25, 0.3) is 0 Å². The number of ether oxygens (including phenoxy) is 1. The van der Waals surface area contributed by atoms with Gasteiger partial charge in [-0.1, -0.05) is 38.5 Å². The molecular weight excluding hydrogens is 288 g/mol. The maximum absolute atomic E-state index is 12.3. The molecule has 3 heteroatoms. The van der Waals surface area contributed by atoms with Crippen molar-refractivity contribution >= 4 is 12.3 Å². The van der Waals surface area contributed by atoms with E-state index in [4.69, 9.17) is 4.74 Å². The van der Waals surface area contributed by atoms with Gasteiger partial charge in [-0.05, 0) is 56.1 Å². The standard InChI is InChI=1S/C20H28O3/c1-15-12-13-17(16(2)14-21)8-6-7-11-19(15)23-20(22)18-9-4-3-5-10-18/h3-5,9-10,14-17,19H,6-8,11-13H2,1-2H3/t15-,16-,17+,19-/m0/s1. The quantitative estimate of drug-likeness (QED) is 0.599. The van der Waals surface area contributed by atoms with Crippen LogP contribution in [0, 0.1) is 17.8 Å². The summed E-state index contributed by atoms with van der Waals surface area (Å²) in [5.41, 5.74) is 0.618. The highest BCUT2D eigenvalue weighted by atomic mass is 16.5. The molecule has 3 nitrogen and oxygen atoms in total. The Bertz CT molecular complexity index is 497. The minimum absolute atomic E-state index is 0.0204. The van der Waals surface area contributed by atoms with E-state index in [0.717, 1.165) is 44.8 Å². The van der Waals surface area contributed by atoms with E-state index in [1.807, 2.05) is 25.1 Å². The summed E-state index contributed by atoms with van der Waals surface area (Å²) in [5, 5.41) is 0. The molecule has 0 saturated heterocycles. The van der Waals surface area contributed by atoms with Gasteiger partial charge in [0, 0.05) is 5.92 Å². The fourth-order valence-corrected chi connectivity index (χ4v) is 3.44. The van der Waals surface area contributed by atoms with Gasteiger partial charge in [-0.2, -0.15) is 0 Å². The fourth-order valence-electron chi connectivity index (χ4n) is 3.44. The van der Waals surface area contributed by atoms with E-state index in [-0.39, 0.29) is 18.0 Å². The van der Waals surface area contributed by atoms with Gasteiger partial charge < -0.3 is 9.53 Å². The highest BCUT2D eigenvalue weighted by Gasteiger charge is 2.26. The molecule has 2 rings (SSSR count). The molecule has 1 aliphatic rings. The predicted octanol–water partition coefficient (Wildman–Crippen LogP) is 4.65. The van der Waals surface area contributed by atoms with Crippen LogP contribution in [0.4, 0.5) is 0 Å². The van der Waals surface area contributed by atoms with Gasteiger partial charge in [0.1, 0.15) is 12.4 Å². The Balaban J connectivity index is 1.97. The summed E-state index contributed by atoms with van der Waals surface area (Å²) in [6, 6.07) is 9.20. The highest BCUT2D eigenvalue weighted by molar-refractivity contribution is 5.89. The Morgan fingerprint density at radius 3 is 2.52 bits per heavy atom. The smallest absolute Gasteiger partial charge is 0.338 e. The first kappa shape index (κ1) is 17.7. The Labute approximate surface area is 139 Å². The zero-order chi connectivity index (χ0) is 16.7. The number of rotatable bonds is 4.